The second kappa shape index (κ2) is 5.65. The van der Waals surface area contributed by atoms with Crippen molar-refractivity contribution in [3.8, 4) is 11.3 Å². The molecular formula is C18H23FN2S. The van der Waals surface area contributed by atoms with Crippen molar-refractivity contribution in [3.05, 3.63) is 34.4 Å². The van der Waals surface area contributed by atoms with E-state index in [9.17, 15) is 4.39 Å². The van der Waals surface area contributed by atoms with Gasteiger partial charge in [0.15, 0.2) is 0 Å². The van der Waals surface area contributed by atoms with Crippen LogP contribution in [-0.2, 0) is 5.41 Å². The van der Waals surface area contributed by atoms with Gasteiger partial charge in [-0.1, -0.05) is 26.8 Å². The van der Waals surface area contributed by atoms with E-state index in [1.54, 1.807) is 17.4 Å². The highest BCUT2D eigenvalue weighted by atomic mass is 32.1. The van der Waals surface area contributed by atoms with Gasteiger partial charge >= 0.3 is 0 Å². The van der Waals surface area contributed by atoms with Gasteiger partial charge in [0.25, 0.3) is 0 Å². The average Bonchev–Trinajstić information content (AvgIpc) is 3.07. The summed E-state index contributed by atoms with van der Waals surface area (Å²) in [6, 6.07) is 5.95. The normalized spacial score (nSPS) is 19.0. The summed E-state index contributed by atoms with van der Waals surface area (Å²) in [5, 5.41) is 3.10. The summed E-state index contributed by atoms with van der Waals surface area (Å²) in [7, 11) is 0. The van der Waals surface area contributed by atoms with Gasteiger partial charge in [0, 0.05) is 28.9 Å². The first-order valence-electron chi connectivity index (χ1n) is 7.89. The van der Waals surface area contributed by atoms with Gasteiger partial charge in [0.1, 0.15) is 5.82 Å². The number of halogens is 1. The Balaban J connectivity index is 1.90. The van der Waals surface area contributed by atoms with E-state index < -0.39 is 0 Å². The molecule has 22 heavy (non-hydrogen) atoms. The fraction of sp³-hybridized carbons (Fsp3) is 0.500. The molecule has 118 valence electrons. The van der Waals surface area contributed by atoms with Gasteiger partial charge in [0.2, 0.25) is 0 Å². The molecule has 1 aliphatic heterocycles. The van der Waals surface area contributed by atoms with Crippen LogP contribution in [0.2, 0.25) is 0 Å². The van der Waals surface area contributed by atoms with Crippen molar-refractivity contribution in [2.24, 2.45) is 0 Å². The van der Waals surface area contributed by atoms with Crippen LogP contribution in [0.4, 0.5) is 10.1 Å². The molecule has 1 atom stereocenters. The summed E-state index contributed by atoms with van der Waals surface area (Å²) >= 11 is 1.64. The lowest BCUT2D eigenvalue weighted by Crippen LogP contribution is -2.27. The average molecular weight is 318 g/mol. The highest BCUT2D eigenvalue weighted by molar-refractivity contribution is 7.10. The Kier molecular flexibility index (Phi) is 3.98. The van der Waals surface area contributed by atoms with Crippen LogP contribution in [-0.4, -0.2) is 17.6 Å². The number of anilines is 1. The summed E-state index contributed by atoms with van der Waals surface area (Å²) in [5.41, 5.74) is 2.49. The maximum Gasteiger partial charge on any atom is 0.147 e. The van der Waals surface area contributed by atoms with Crippen LogP contribution in [0.25, 0.3) is 11.3 Å². The summed E-state index contributed by atoms with van der Waals surface area (Å²) in [6.45, 7) is 9.55. The Labute approximate surface area is 136 Å². The van der Waals surface area contributed by atoms with Crippen LogP contribution in [0.1, 0.15) is 45.5 Å². The van der Waals surface area contributed by atoms with Crippen molar-refractivity contribution in [1.29, 1.82) is 0 Å². The molecule has 1 aromatic heterocycles. The second-order valence-corrected chi connectivity index (χ2v) is 8.00. The molecule has 1 saturated heterocycles. The smallest absolute Gasteiger partial charge is 0.147 e. The predicted molar refractivity (Wildman–Crippen MR) is 92.3 cm³/mol. The van der Waals surface area contributed by atoms with E-state index in [4.69, 9.17) is 0 Å². The van der Waals surface area contributed by atoms with Crippen molar-refractivity contribution in [2.45, 2.75) is 52.0 Å². The fourth-order valence-electron chi connectivity index (χ4n) is 2.94. The minimum absolute atomic E-state index is 0.0341. The van der Waals surface area contributed by atoms with Gasteiger partial charge in [-0.05, 0) is 31.9 Å². The van der Waals surface area contributed by atoms with E-state index >= 15 is 0 Å². The Morgan fingerprint density at radius 3 is 2.64 bits per heavy atom. The van der Waals surface area contributed by atoms with Crippen molar-refractivity contribution in [3.63, 3.8) is 0 Å². The fourth-order valence-corrected chi connectivity index (χ4v) is 3.86. The Morgan fingerprint density at radius 2 is 2.09 bits per heavy atom. The van der Waals surface area contributed by atoms with Gasteiger partial charge in [0.05, 0.1) is 16.4 Å². The summed E-state index contributed by atoms with van der Waals surface area (Å²) in [4.78, 5) is 6.84. The maximum atomic E-state index is 14.5. The first-order valence-corrected chi connectivity index (χ1v) is 8.77. The molecule has 3 rings (SSSR count). The van der Waals surface area contributed by atoms with Crippen LogP contribution in [0.5, 0.6) is 0 Å². The monoisotopic (exact) mass is 318 g/mol. The molecule has 0 amide bonds. The molecule has 0 saturated carbocycles. The van der Waals surface area contributed by atoms with E-state index in [0.717, 1.165) is 41.3 Å². The molecule has 2 heterocycles. The van der Waals surface area contributed by atoms with E-state index in [0.29, 0.717) is 6.04 Å². The Bertz CT molecular complexity index is 672. The number of hydrogen-bond acceptors (Lipinski definition) is 3. The first-order chi connectivity index (χ1) is 10.4. The van der Waals surface area contributed by atoms with Crippen molar-refractivity contribution in [1.82, 2.24) is 4.98 Å². The molecular weight excluding hydrogens is 295 g/mol. The maximum absolute atomic E-state index is 14.5. The third kappa shape index (κ3) is 2.89. The molecule has 1 fully saturated rings. The molecule has 2 nitrogen and oxygen atoms in total. The third-order valence-corrected chi connectivity index (χ3v) is 5.52. The quantitative estimate of drug-likeness (QED) is 0.753. The van der Waals surface area contributed by atoms with Crippen LogP contribution in [0.15, 0.2) is 23.6 Å². The molecule has 0 radical (unpaired) electrons. The number of benzene rings is 1. The lowest BCUT2D eigenvalue weighted by molar-refractivity contribution is 0.586. The first kappa shape index (κ1) is 15.5. The number of thiazole rings is 1. The lowest BCUT2D eigenvalue weighted by Gasteiger charge is -2.24. The van der Waals surface area contributed by atoms with Gasteiger partial charge in [-0.15, -0.1) is 11.3 Å². The third-order valence-electron chi connectivity index (χ3n) is 4.25. The molecule has 4 heteroatoms. The van der Waals surface area contributed by atoms with Crippen LogP contribution in [0, 0.1) is 5.82 Å². The lowest BCUT2D eigenvalue weighted by atomic mass is 9.98. The zero-order chi connectivity index (χ0) is 15.9. The summed E-state index contributed by atoms with van der Waals surface area (Å²) < 4.78 is 14.5. The van der Waals surface area contributed by atoms with Crippen molar-refractivity contribution >= 4 is 17.0 Å². The van der Waals surface area contributed by atoms with Crippen molar-refractivity contribution in [2.75, 3.05) is 11.4 Å². The van der Waals surface area contributed by atoms with E-state index in [1.807, 2.05) is 17.5 Å². The molecule has 1 unspecified atom stereocenters. The minimum Gasteiger partial charge on any atom is -0.366 e. The van der Waals surface area contributed by atoms with Gasteiger partial charge < -0.3 is 4.90 Å². The van der Waals surface area contributed by atoms with Crippen molar-refractivity contribution < 1.29 is 4.39 Å². The van der Waals surface area contributed by atoms with E-state index in [1.165, 1.54) is 0 Å². The molecule has 0 bridgehead atoms. The predicted octanol–water partition coefficient (Wildman–Crippen LogP) is 5.24. The molecule has 0 aliphatic carbocycles. The Hall–Kier alpha value is -1.42. The van der Waals surface area contributed by atoms with E-state index in [-0.39, 0.29) is 11.2 Å². The number of rotatable bonds is 2. The number of aromatic nitrogens is 1. The van der Waals surface area contributed by atoms with Crippen LogP contribution < -0.4 is 4.90 Å². The second-order valence-electron chi connectivity index (χ2n) is 7.14. The topological polar surface area (TPSA) is 16.1 Å². The standard InChI is InChI=1S/C18H23FN2S/c1-12-6-5-9-21(12)16-8-7-13(10-14(16)19)15-11-22-17(20-15)18(2,3)4/h7-8,10-12H,5-6,9H2,1-4H3. The highest BCUT2D eigenvalue weighted by Gasteiger charge is 2.24. The minimum atomic E-state index is -0.142. The summed E-state index contributed by atoms with van der Waals surface area (Å²) in [6.07, 6.45) is 2.28. The van der Waals surface area contributed by atoms with Crippen LogP contribution >= 0.6 is 11.3 Å². The highest BCUT2D eigenvalue weighted by Crippen LogP contribution is 2.33. The zero-order valence-electron chi connectivity index (χ0n) is 13.7. The van der Waals surface area contributed by atoms with Crippen LogP contribution in [0.3, 0.4) is 0 Å². The number of nitrogens with zero attached hydrogens (tertiary/aromatic N) is 2. The van der Waals surface area contributed by atoms with E-state index in [2.05, 4.69) is 37.6 Å². The molecule has 0 spiro atoms. The Morgan fingerprint density at radius 1 is 1.32 bits per heavy atom. The summed E-state index contributed by atoms with van der Waals surface area (Å²) in [5.74, 6) is -0.142. The zero-order valence-corrected chi connectivity index (χ0v) is 14.5. The van der Waals surface area contributed by atoms with Gasteiger partial charge in [-0.25, -0.2) is 9.37 Å². The molecule has 1 aromatic carbocycles. The SMILES string of the molecule is CC1CCCN1c1ccc(-c2csc(C(C)(C)C)n2)cc1F. The molecule has 1 aliphatic rings. The largest absolute Gasteiger partial charge is 0.366 e. The molecule has 2 aromatic rings. The van der Waals surface area contributed by atoms with Gasteiger partial charge in [-0.3, -0.25) is 0 Å². The molecule has 0 N–H and O–H groups in total. The number of hydrogen-bond donors (Lipinski definition) is 0. The van der Waals surface area contributed by atoms with Gasteiger partial charge in [-0.2, -0.15) is 0 Å².